The zero-order valence-corrected chi connectivity index (χ0v) is 9.66. The Bertz CT molecular complexity index is 211. The third kappa shape index (κ3) is 3.44. The molecular formula is C10H20N2O3. The highest BCUT2D eigenvalue weighted by Crippen LogP contribution is 2.06. The van der Waals surface area contributed by atoms with Gasteiger partial charge in [-0.25, -0.2) is 0 Å². The molecule has 0 radical (unpaired) electrons. The SMILES string of the molecule is COCCN(C)C(=O)[C@H]1NCCO[C@@H]1C. The van der Waals surface area contributed by atoms with Crippen LogP contribution in [0.15, 0.2) is 0 Å². The monoisotopic (exact) mass is 216 g/mol. The smallest absolute Gasteiger partial charge is 0.242 e. The minimum Gasteiger partial charge on any atom is -0.383 e. The van der Waals surface area contributed by atoms with E-state index in [0.29, 0.717) is 19.8 Å². The van der Waals surface area contributed by atoms with Gasteiger partial charge in [-0.1, -0.05) is 0 Å². The fraction of sp³-hybridized carbons (Fsp3) is 0.900. The first kappa shape index (κ1) is 12.4. The first-order valence-corrected chi connectivity index (χ1v) is 5.25. The zero-order chi connectivity index (χ0) is 11.3. The first-order chi connectivity index (χ1) is 7.16. The highest BCUT2D eigenvalue weighted by molar-refractivity contribution is 5.82. The van der Waals surface area contributed by atoms with Gasteiger partial charge >= 0.3 is 0 Å². The van der Waals surface area contributed by atoms with Crippen molar-refractivity contribution < 1.29 is 14.3 Å². The number of amides is 1. The first-order valence-electron chi connectivity index (χ1n) is 5.25. The molecule has 1 saturated heterocycles. The molecule has 5 heteroatoms. The Balaban J connectivity index is 2.43. The number of likely N-dealkylation sites (N-methyl/N-ethyl adjacent to an activating group) is 1. The summed E-state index contributed by atoms with van der Waals surface area (Å²) in [6.45, 7) is 4.49. The molecule has 0 spiro atoms. The normalized spacial score (nSPS) is 26.3. The van der Waals surface area contributed by atoms with Crippen molar-refractivity contribution in [3.05, 3.63) is 0 Å². The molecule has 1 heterocycles. The van der Waals surface area contributed by atoms with Crippen LogP contribution < -0.4 is 5.32 Å². The van der Waals surface area contributed by atoms with Crippen LogP contribution in [-0.2, 0) is 14.3 Å². The van der Waals surface area contributed by atoms with Crippen molar-refractivity contribution in [2.24, 2.45) is 0 Å². The van der Waals surface area contributed by atoms with E-state index in [-0.39, 0.29) is 18.1 Å². The second-order valence-electron chi connectivity index (χ2n) is 3.76. The lowest BCUT2D eigenvalue weighted by Gasteiger charge is -2.32. The summed E-state index contributed by atoms with van der Waals surface area (Å²) in [7, 11) is 3.41. The van der Waals surface area contributed by atoms with Gasteiger partial charge in [-0.3, -0.25) is 4.79 Å². The molecule has 1 fully saturated rings. The second kappa shape index (κ2) is 6.05. The minimum absolute atomic E-state index is 0.0590. The van der Waals surface area contributed by atoms with Gasteiger partial charge in [0.15, 0.2) is 0 Å². The molecule has 0 aromatic carbocycles. The predicted molar refractivity (Wildman–Crippen MR) is 56.7 cm³/mol. The fourth-order valence-electron chi connectivity index (χ4n) is 1.59. The topological polar surface area (TPSA) is 50.8 Å². The van der Waals surface area contributed by atoms with Crippen LogP contribution in [0.3, 0.4) is 0 Å². The fourth-order valence-corrected chi connectivity index (χ4v) is 1.59. The van der Waals surface area contributed by atoms with Gasteiger partial charge in [-0.2, -0.15) is 0 Å². The average Bonchev–Trinajstić information content (AvgIpc) is 2.25. The number of nitrogens with zero attached hydrogens (tertiary/aromatic N) is 1. The summed E-state index contributed by atoms with van der Waals surface area (Å²) in [4.78, 5) is 13.6. The number of hydrogen-bond donors (Lipinski definition) is 1. The van der Waals surface area contributed by atoms with E-state index in [1.807, 2.05) is 6.92 Å². The zero-order valence-electron chi connectivity index (χ0n) is 9.66. The van der Waals surface area contributed by atoms with Crippen LogP contribution in [0.25, 0.3) is 0 Å². The lowest BCUT2D eigenvalue weighted by atomic mass is 10.1. The molecule has 0 unspecified atom stereocenters. The summed E-state index contributed by atoms with van der Waals surface area (Å²) >= 11 is 0. The summed E-state index contributed by atoms with van der Waals surface area (Å²) in [6, 6.07) is -0.222. The summed E-state index contributed by atoms with van der Waals surface area (Å²) < 4.78 is 10.4. The van der Waals surface area contributed by atoms with Gasteiger partial charge in [-0.15, -0.1) is 0 Å². The predicted octanol–water partition coefficient (Wildman–Crippen LogP) is -0.532. The number of hydrogen-bond acceptors (Lipinski definition) is 4. The number of carbonyl (C=O) groups is 1. The molecule has 1 N–H and O–H groups in total. The van der Waals surface area contributed by atoms with Gasteiger partial charge in [0.25, 0.3) is 0 Å². The molecule has 2 atom stereocenters. The molecule has 15 heavy (non-hydrogen) atoms. The molecule has 0 aliphatic carbocycles. The highest BCUT2D eigenvalue weighted by atomic mass is 16.5. The maximum Gasteiger partial charge on any atom is 0.242 e. The number of ether oxygens (including phenoxy) is 2. The summed E-state index contributed by atoms with van der Waals surface area (Å²) in [5, 5.41) is 3.17. The third-order valence-corrected chi connectivity index (χ3v) is 2.59. The van der Waals surface area contributed by atoms with E-state index in [1.165, 1.54) is 0 Å². The van der Waals surface area contributed by atoms with Crippen molar-refractivity contribution in [2.75, 3.05) is 40.5 Å². The van der Waals surface area contributed by atoms with E-state index in [9.17, 15) is 4.79 Å². The van der Waals surface area contributed by atoms with Crippen LogP contribution in [0.2, 0.25) is 0 Å². The van der Waals surface area contributed by atoms with Crippen molar-refractivity contribution in [3.63, 3.8) is 0 Å². The van der Waals surface area contributed by atoms with E-state index in [0.717, 1.165) is 6.54 Å². The lowest BCUT2D eigenvalue weighted by molar-refractivity contribution is -0.138. The third-order valence-electron chi connectivity index (χ3n) is 2.59. The van der Waals surface area contributed by atoms with Crippen LogP contribution in [0.5, 0.6) is 0 Å². The molecule has 88 valence electrons. The van der Waals surface area contributed by atoms with Crippen molar-refractivity contribution in [2.45, 2.75) is 19.1 Å². The van der Waals surface area contributed by atoms with Gasteiger partial charge in [-0.05, 0) is 6.92 Å². The maximum absolute atomic E-state index is 11.9. The van der Waals surface area contributed by atoms with Gasteiger partial charge < -0.3 is 19.7 Å². The standard InChI is InChI=1S/C10H20N2O3/c1-8-9(11-4-6-15-8)10(13)12(2)5-7-14-3/h8-9,11H,4-7H2,1-3H3/t8-,9+/m1/s1. The van der Waals surface area contributed by atoms with Gasteiger partial charge in [0.1, 0.15) is 6.04 Å². The molecule has 1 aliphatic heterocycles. The van der Waals surface area contributed by atoms with Crippen LogP contribution in [0.1, 0.15) is 6.92 Å². The summed E-state index contributed by atoms with van der Waals surface area (Å²) in [5.74, 6) is 0.0688. The summed E-state index contributed by atoms with van der Waals surface area (Å²) in [5.41, 5.74) is 0. The maximum atomic E-state index is 11.9. The molecule has 0 saturated carbocycles. The molecule has 0 aromatic rings. The Morgan fingerprint density at radius 3 is 3.00 bits per heavy atom. The number of methoxy groups -OCH3 is 1. The quantitative estimate of drug-likeness (QED) is 0.686. The molecular weight excluding hydrogens is 196 g/mol. The Hall–Kier alpha value is -0.650. The molecule has 5 nitrogen and oxygen atoms in total. The number of morpholine rings is 1. The lowest BCUT2D eigenvalue weighted by Crippen LogP contribution is -2.56. The number of carbonyl (C=O) groups excluding carboxylic acids is 1. The largest absolute Gasteiger partial charge is 0.383 e. The van der Waals surface area contributed by atoms with Crippen LogP contribution in [0, 0.1) is 0 Å². The second-order valence-corrected chi connectivity index (χ2v) is 3.76. The van der Waals surface area contributed by atoms with Crippen LogP contribution in [-0.4, -0.2) is 63.4 Å². The van der Waals surface area contributed by atoms with Gasteiger partial charge in [0.2, 0.25) is 5.91 Å². The average molecular weight is 216 g/mol. The van der Waals surface area contributed by atoms with Crippen molar-refractivity contribution in [1.29, 1.82) is 0 Å². The molecule has 1 amide bonds. The molecule has 1 rings (SSSR count). The van der Waals surface area contributed by atoms with Crippen molar-refractivity contribution >= 4 is 5.91 Å². The Morgan fingerprint density at radius 2 is 2.40 bits per heavy atom. The van der Waals surface area contributed by atoms with Gasteiger partial charge in [0.05, 0.1) is 19.3 Å². The van der Waals surface area contributed by atoms with E-state index in [4.69, 9.17) is 9.47 Å². The van der Waals surface area contributed by atoms with Crippen LogP contribution >= 0.6 is 0 Å². The van der Waals surface area contributed by atoms with Gasteiger partial charge in [0, 0.05) is 27.2 Å². The van der Waals surface area contributed by atoms with Crippen molar-refractivity contribution in [3.8, 4) is 0 Å². The Morgan fingerprint density at radius 1 is 1.67 bits per heavy atom. The number of nitrogens with one attached hydrogen (secondary N) is 1. The Labute approximate surface area is 90.7 Å². The van der Waals surface area contributed by atoms with E-state index in [2.05, 4.69) is 5.32 Å². The van der Waals surface area contributed by atoms with Crippen molar-refractivity contribution in [1.82, 2.24) is 10.2 Å². The van der Waals surface area contributed by atoms with Crippen LogP contribution in [0.4, 0.5) is 0 Å². The highest BCUT2D eigenvalue weighted by Gasteiger charge is 2.30. The minimum atomic E-state index is -0.222. The molecule has 1 aliphatic rings. The van der Waals surface area contributed by atoms with E-state index < -0.39 is 0 Å². The van der Waals surface area contributed by atoms with E-state index in [1.54, 1.807) is 19.1 Å². The number of rotatable bonds is 4. The summed E-state index contributed by atoms with van der Waals surface area (Å²) in [6.07, 6.45) is -0.0590. The Kier molecular flexibility index (Phi) is 5.01. The van der Waals surface area contributed by atoms with E-state index >= 15 is 0 Å². The molecule has 0 bridgehead atoms. The molecule has 0 aromatic heterocycles.